The number of fused-ring (bicyclic) bond motifs is 2. The number of aromatic nitrogens is 2. The van der Waals surface area contributed by atoms with Gasteiger partial charge < -0.3 is 39.8 Å². The summed E-state index contributed by atoms with van der Waals surface area (Å²) in [6.45, 7) is 4.53. The highest BCUT2D eigenvalue weighted by Gasteiger charge is 2.45. The molecule has 6 aromatic rings. The molecule has 2 atom stereocenters. The monoisotopic (exact) mass is 1010 g/mol. The van der Waals surface area contributed by atoms with E-state index in [2.05, 4.69) is 22.8 Å². The van der Waals surface area contributed by atoms with E-state index in [0.717, 1.165) is 34.1 Å². The topological polar surface area (TPSA) is 169 Å². The lowest BCUT2D eigenvalue weighted by molar-refractivity contribution is -0.138. The fraction of sp³-hybridized carbons (Fsp3) is 0.275. The number of rotatable bonds is 14. The number of hydrogen-bond acceptors (Lipinski definition) is 7. The number of aromatic hydroxyl groups is 2. The molecular formula is C51H46F6N10O4S. The van der Waals surface area contributed by atoms with Crippen molar-refractivity contribution in [1.82, 2.24) is 29.6 Å². The standard InChI is InChI=1S/C51H46F6N10O4S/c1-3-62-29-39-41(45(62)68)43(33-17-13-31(27-58)14-18-33)64(48(70)66(39)37-11-5-9-35(25-37)50(52,53)54)23-7-21-60-47(72)61-22-8-24-65-44(34-19-15-32(28-59)16-20-34)42-40(30-63(4-2)46(42)69)67(49(65)71)38-12-6-10-36(26-38)51(55,56)57/h5-6,9-20,25-26,29-30,43-44,68-69H,3-4,7-8,21-24H2,1-2H3,(H2,60,61,72)/t43-,44-/m1/s1. The highest BCUT2D eigenvalue weighted by molar-refractivity contribution is 7.80. The van der Waals surface area contributed by atoms with Crippen molar-refractivity contribution in [2.45, 2.75) is 64.2 Å². The lowest BCUT2D eigenvalue weighted by Gasteiger charge is -2.41. The van der Waals surface area contributed by atoms with Gasteiger partial charge in [0.05, 0.1) is 80.4 Å². The van der Waals surface area contributed by atoms with Gasteiger partial charge in [0.2, 0.25) is 0 Å². The Morgan fingerprint density at radius 1 is 0.625 bits per heavy atom. The molecule has 372 valence electrons. The summed E-state index contributed by atoms with van der Waals surface area (Å²) >= 11 is 5.60. The molecule has 4 amide bonds. The van der Waals surface area contributed by atoms with Gasteiger partial charge in [0.1, 0.15) is 0 Å². The number of nitrogens with one attached hydrogen (secondary N) is 2. The number of aryl methyl sites for hydroxylation is 2. The van der Waals surface area contributed by atoms with Gasteiger partial charge in [-0.25, -0.2) is 9.59 Å². The number of nitrogens with zero attached hydrogens (tertiary/aromatic N) is 8. The number of nitriles is 2. The van der Waals surface area contributed by atoms with Crippen LogP contribution in [0.5, 0.6) is 11.8 Å². The van der Waals surface area contributed by atoms with Crippen LogP contribution in [0.1, 0.15) is 83.3 Å². The minimum absolute atomic E-state index is 0.0233. The third-order valence-electron chi connectivity index (χ3n) is 12.6. The molecule has 4 aromatic carbocycles. The van der Waals surface area contributed by atoms with Crippen LogP contribution < -0.4 is 20.4 Å². The Morgan fingerprint density at radius 2 is 1.00 bits per heavy atom. The van der Waals surface area contributed by atoms with Crippen molar-refractivity contribution < 1.29 is 46.1 Å². The number of alkyl halides is 6. The van der Waals surface area contributed by atoms with Crippen LogP contribution in [0.3, 0.4) is 0 Å². The van der Waals surface area contributed by atoms with Crippen molar-refractivity contribution >= 4 is 52.1 Å². The van der Waals surface area contributed by atoms with Gasteiger partial charge >= 0.3 is 24.4 Å². The van der Waals surface area contributed by atoms with Crippen molar-refractivity contribution in [3.05, 3.63) is 154 Å². The molecule has 2 aliphatic rings. The van der Waals surface area contributed by atoms with Gasteiger partial charge in [-0.1, -0.05) is 36.4 Å². The van der Waals surface area contributed by atoms with Crippen LogP contribution in [0.2, 0.25) is 0 Å². The number of halogens is 6. The summed E-state index contributed by atoms with van der Waals surface area (Å²) in [6.07, 6.45) is -5.86. The van der Waals surface area contributed by atoms with Crippen molar-refractivity contribution in [3.8, 4) is 23.9 Å². The molecule has 0 spiro atoms. The number of hydrogen-bond donors (Lipinski definition) is 4. The highest BCUT2D eigenvalue weighted by Crippen LogP contribution is 2.51. The third kappa shape index (κ3) is 9.67. The smallest absolute Gasteiger partial charge is 0.416 e. The van der Waals surface area contributed by atoms with Crippen molar-refractivity contribution in [3.63, 3.8) is 0 Å². The zero-order chi connectivity index (χ0) is 51.6. The molecule has 0 radical (unpaired) electrons. The predicted molar refractivity (Wildman–Crippen MR) is 259 cm³/mol. The molecule has 4 N–H and O–H groups in total. The molecule has 0 aliphatic carbocycles. The van der Waals surface area contributed by atoms with Crippen LogP contribution in [-0.2, 0) is 25.4 Å². The number of amides is 4. The van der Waals surface area contributed by atoms with Crippen molar-refractivity contribution in [2.24, 2.45) is 0 Å². The van der Waals surface area contributed by atoms with Crippen LogP contribution in [-0.4, -0.2) is 72.5 Å². The summed E-state index contributed by atoms with van der Waals surface area (Å²) in [6, 6.07) is 22.6. The second-order valence-electron chi connectivity index (χ2n) is 17.0. The molecule has 0 unspecified atom stereocenters. The third-order valence-corrected chi connectivity index (χ3v) is 12.9. The van der Waals surface area contributed by atoms with Crippen molar-refractivity contribution in [1.29, 1.82) is 10.5 Å². The average Bonchev–Trinajstić information content (AvgIpc) is 3.87. The van der Waals surface area contributed by atoms with E-state index in [0.29, 0.717) is 22.3 Å². The molecular weight excluding hydrogens is 963 g/mol. The Labute approximate surface area is 415 Å². The lowest BCUT2D eigenvalue weighted by atomic mass is 9.94. The van der Waals surface area contributed by atoms with E-state index >= 15 is 0 Å². The fourth-order valence-corrected chi connectivity index (χ4v) is 9.39. The molecule has 72 heavy (non-hydrogen) atoms. The maximum Gasteiger partial charge on any atom is 0.416 e. The first-order valence-corrected chi connectivity index (χ1v) is 23.2. The highest BCUT2D eigenvalue weighted by atomic mass is 32.1. The molecule has 2 aliphatic heterocycles. The maximum atomic E-state index is 14.7. The van der Waals surface area contributed by atoms with Gasteiger partial charge in [0.15, 0.2) is 16.9 Å². The summed E-state index contributed by atoms with van der Waals surface area (Å²) in [4.78, 5) is 34.6. The Kier molecular flexibility index (Phi) is 14.1. The van der Waals surface area contributed by atoms with Gasteiger partial charge in [-0.05, 0) is 111 Å². The SMILES string of the molecule is CCn1cc2c(c1O)[C@@H](c1ccc(C#N)cc1)N(CCCNC(=S)NCCCN1C(=O)N(c3cccc(C(F)(F)F)c3)c3cn(CC)c(O)c3[C@H]1c1ccc(C#N)cc1)C(=O)N2c1cccc(C(F)(F)F)c1. The molecule has 21 heteroatoms. The first-order valence-electron chi connectivity index (χ1n) is 22.8. The van der Waals surface area contributed by atoms with Crippen LogP contribution in [0, 0.1) is 22.7 Å². The number of urea groups is 2. The van der Waals surface area contributed by atoms with E-state index in [-0.39, 0.29) is 103 Å². The van der Waals surface area contributed by atoms with E-state index in [1.807, 2.05) is 0 Å². The van der Waals surface area contributed by atoms with Crippen LogP contribution in [0.25, 0.3) is 0 Å². The zero-order valence-corrected chi connectivity index (χ0v) is 39.5. The van der Waals surface area contributed by atoms with E-state index in [1.165, 1.54) is 55.6 Å². The average molecular weight is 1010 g/mol. The zero-order valence-electron chi connectivity index (χ0n) is 38.7. The van der Waals surface area contributed by atoms with Crippen molar-refractivity contribution in [2.75, 3.05) is 36.0 Å². The first kappa shape index (κ1) is 50.2. The minimum atomic E-state index is -4.70. The summed E-state index contributed by atoms with van der Waals surface area (Å²) in [5.74, 6) is -0.372. The van der Waals surface area contributed by atoms with Gasteiger partial charge in [-0.3, -0.25) is 9.80 Å². The van der Waals surface area contributed by atoms with Gasteiger partial charge in [0, 0.05) is 51.7 Å². The molecule has 4 heterocycles. The van der Waals surface area contributed by atoms with Crippen LogP contribution in [0.15, 0.2) is 109 Å². The molecule has 0 bridgehead atoms. The number of thiocarbonyl (C=S) groups is 1. The second kappa shape index (κ2) is 20.3. The molecule has 0 fully saturated rings. The first-order chi connectivity index (χ1) is 34.4. The Hall–Kier alpha value is -8.17. The number of carbonyl (C=O) groups is 2. The molecule has 14 nitrogen and oxygen atoms in total. The lowest BCUT2D eigenvalue weighted by Crippen LogP contribution is -2.49. The summed E-state index contributed by atoms with van der Waals surface area (Å²) in [5, 5.41) is 48.6. The summed E-state index contributed by atoms with van der Waals surface area (Å²) in [5.41, 5.74) is 0.685. The fourth-order valence-electron chi connectivity index (χ4n) is 9.18. The van der Waals surface area contributed by atoms with Gasteiger partial charge in [-0.15, -0.1) is 0 Å². The predicted octanol–water partition coefficient (Wildman–Crippen LogP) is 10.8. The molecule has 2 aromatic heterocycles. The van der Waals surface area contributed by atoms with E-state index < -0.39 is 47.6 Å². The Morgan fingerprint density at radius 3 is 1.33 bits per heavy atom. The van der Waals surface area contributed by atoms with E-state index in [9.17, 15) is 56.7 Å². The van der Waals surface area contributed by atoms with Crippen LogP contribution >= 0.6 is 12.2 Å². The minimum Gasteiger partial charge on any atom is -0.494 e. The van der Waals surface area contributed by atoms with Gasteiger partial charge in [-0.2, -0.15) is 36.9 Å². The Balaban J connectivity index is 0.996. The quantitative estimate of drug-likeness (QED) is 0.0471. The Bertz CT molecular complexity index is 2900. The van der Waals surface area contributed by atoms with E-state index in [1.54, 1.807) is 62.4 Å². The second-order valence-corrected chi connectivity index (χ2v) is 17.4. The maximum absolute atomic E-state index is 14.7. The van der Waals surface area contributed by atoms with Crippen LogP contribution in [0.4, 0.5) is 58.7 Å². The molecule has 0 saturated carbocycles. The number of anilines is 4. The van der Waals surface area contributed by atoms with Gasteiger partial charge in [0.25, 0.3) is 0 Å². The summed E-state index contributed by atoms with van der Waals surface area (Å²) < 4.78 is 86.8. The molecule has 8 rings (SSSR count). The largest absolute Gasteiger partial charge is 0.494 e. The number of benzene rings is 4. The molecule has 0 saturated heterocycles. The summed E-state index contributed by atoms with van der Waals surface area (Å²) in [7, 11) is 0. The number of carbonyl (C=O) groups excluding carboxylic acids is 2. The van der Waals surface area contributed by atoms with E-state index in [4.69, 9.17) is 12.2 Å². The normalized spacial score (nSPS) is 15.8.